The average Bonchev–Trinajstić information content (AvgIpc) is 2.62. The zero-order chi connectivity index (χ0) is 20.0. The van der Waals surface area contributed by atoms with E-state index in [1.54, 1.807) is 0 Å². The van der Waals surface area contributed by atoms with E-state index >= 15 is 0 Å². The number of hydrogen-bond acceptors (Lipinski definition) is 2. The number of alkyl halides is 3. The van der Waals surface area contributed by atoms with E-state index in [4.69, 9.17) is 0 Å². The number of halogens is 3. The number of benzene rings is 2. The number of hydrogen-bond donors (Lipinski definition) is 2. The molecule has 1 amide bonds. The van der Waals surface area contributed by atoms with Crippen molar-refractivity contribution in [3.8, 4) is 0 Å². The normalized spacial score (nSPS) is 13.3. The molecule has 0 saturated carbocycles. The fourth-order valence-electron chi connectivity index (χ4n) is 2.61. The number of rotatable bonds is 5. The number of nitrogens with zero attached hydrogens (tertiary/aromatic N) is 2. The molecule has 0 aromatic heterocycles. The Morgan fingerprint density at radius 1 is 1.19 bits per heavy atom. The van der Waals surface area contributed by atoms with Gasteiger partial charge in [-0.2, -0.15) is 13.2 Å². The van der Waals surface area contributed by atoms with Crippen molar-refractivity contribution in [2.24, 2.45) is 4.99 Å². The van der Waals surface area contributed by atoms with Gasteiger partial charge in [0.25, 0.3) is 0 Å². The molecule has 0 radical (unpaired) electrons. The van der Waals surface area contributed by atoms with Crippen molar-refractivity contribution in [3.05, 3.63) is 48.0 Å². The Morgan fingerprint density at radius 2 is 1.85 bits per heavy atom. The standard InChI is InChI=1S/C19H23F3N4O/c1-13(15-9-8-14-6-4-5-7-16(14)10-15)25-18(23-2)24-11-17(27)26(3)12-19(20,21)22/h4-10,13H,11-12H2,1-3H3,(H2,23,24,25). The molecule has 27 heavy (non-hydrogen) atoms. The molecular formula is C19H23F3N4O. The second kappa shape index (κ2) is 8.75. The molecule has 2 N–H and O–H groups in total. The lowest BCUT2D eigenvalue weighted by Crippen LogP contribution is -2.46. The van der Waals surface area contributed by atoms with Gasteiger partial charge in [0.15, 0.2) is 5.96 Å². The molecule has 2 aromatic carbocycles. The van der Waals surface area contributed by atoms with E-state index < -0.39 is 18.6 Å². The molecule has 0 aliphatic heterocycles. The third-order valence-electron chi connectivity index (χ3n) is 4.10. The van der Waals surface area contributed by atoms with Crippen LogP contribution in [0.1, 0.15) is 18.5 Å². The zero-order valence-electron chi connectivity index (χ0n) is 15.5. The maximum atomic E-state index is 12.4. The number of carbonyl (C=O) groups excluding carboxylic acids is 1. The summed E-state index contributed by atoms with van der Waals surface area (Å²) in [7, 11) is 2.65. The molecule has 0 heterocycles. The Bertz CT molecular complexity index is 820. The van der Waals surface area contributed by atoms with E-state index in [1.807, 2.05) is 43.3 Å². The summed E-state index contributed by atoms with van der Waals surface area (Å²) in [6, 6.07) is 14.0. The molecule has 0 fully saturated rings. The molecule has 5 nitrogen and oxygen atoms in total. The highest BCUT2D eigenvalue weighted by atomic mass is 19.4. The minimum Gasteiger partial charge on any atom is -0.350 e. The Labute approximate surface area is 156 Å². The number of nitrogens with one attached hydrogen (secondary N) is 2. The maximum Gasteiger partial charge on any atom is 0.406 e. The summed E-state index contributed by atoms with van der Waals surface area (Å²) in [5, 5.41) is 8.13. The third-order valence-corrected chi connectivity index (χ3v) is 4.10. The first-order chi connectivity index (χ1) is 12.7. The molecule has 0 saturated heterocycles. The van der Waals surface area contributed by atoms with E-state index in [9.17, 15) is 18.0 Å². The van der Waals surface area contributed by atoms with E-state index in [-0.39, 0.29) is 12.6 Å². The predicted octanol–water partition coefficient (Wildman–Crippen LogP) is 3.09. The molecule has 0 bridgehead atoms. The first kappa shape index (κ1) is 20.5. The predicted molar refractivity (Wildman–Crippen MR) is 101 cm³/mol. The minimum atomic E-state index is -4.42. The summed E-state index contributed by atoms with van der Waals surface area (Å²) in [5.74, 6) is -0.335. The van der Waals surface area contributed by atoms with Gasteiger partial charge < -0.3 is 15.5 Å². The summed E-state index contributed by atoms with van der Waals surface area (Å²) in [4.78, 5) is 16.5. The largest absolute Gasteiger partial charge is 0.406 e. The lowest BCUT2D eigenvalue weighted by molar-refractivity contribution is -0.157. The second-order valence-corrected chi connectivity index (χ2v) is 6.26. The van der Waals surface area contributed by atoms with Crippen molar-refractivity contribution < 1.29 is 18.0 Å². The molecule has 1 atom stereocenters. The lowest BCUT2D eigenvalue weighted by atomic mass is 10.0. The van der Waals surface area contributed by atoms with Crippen molar-refractivity contribution in [2.45, 2.75) is 19.1 Å². The van der Waals surface area contributed by atoms with E-state index in [2.05, 4.69) is 21.7 Å². The van der Waals surface area contributed by atoms with Gasteiger partial charge in [-0.15, -0.1) is 0 Å². The fourth-order valence-corrected chi connectivity index (χ4v) is 2.61. The van der Waals surface area contributed by atoms with Gasteiger partial charge in [-0.3, -0.25) is 9.79 Å². The number of amides is 1. The fraction of sp³-hybridized carbons (Fsp3) is 0.368. The topological polar surface area (TPSA) is 56.7 Å². The molecular weight excluding hydrogens is 357 g/mol. The summed E-state index contributed by atoms with van der Waals surface area (Å²) in [6.07, 6.45) is -4.42. The molecule has 2 rings (SSSR count). The molecule has 146 valence electrons. The minimum absolute atomic E-state index is 0.108. The number of fused-ring (bicyclic) bond motifs is 1. The average molecular weight is 380 g/mol. The van der Waals surface area contributed by atoms with Crippen molar-refractivity contribution in [1.82, 2.24) is 15.5 Å². The van der Waals surface area contributed by atoms with Gasteiger partial charge >= 0.3 is 6.18 Å². The highest BCUT2D eigenvalue weighted by molar-refractivity contribution is 5.87. The number of guanidine groups is 1. The van der Waals surface area contributed by atoms with Crippen LogP contribution in [0, 0.1) is 0 Å². The molecule has 0 aliphatic carbocycles. The van der Waals surface area contributed by atoms with Crippen molar-refractivity contribution in [2.75, 3.05) is 27.2 Å². The molecule has 0 aliphatic rings. The van der Waals surface area contributed by atoms with Crippen molar-refractivity contribution in [3.63, 3.8) is 0 Å². The van der Waals surface area contributed by atoms with Gasteiger partial charge in [-0.05, 0) is 29.3 Å². The van der Waals surface area contributed by atoms with Gasteiger partial charge in [0.1, 0.15) is 6.54 Å². The Morgan fingerprint density at radius 3 is 2.48 bits per heavy atom. The van der Waals surface area contributed by atoms with Crippen LogP contribution in [0.15, 0.2) is 47.5 Å². The molecule has 8 heteroatoms. The first-order valence-corrected chi connectivity index (χ1v) is 8.46. The smallest absolute Gasteiger partial charge is 0.350 e. The number of aliphatic imine (C=N–C) groups is 1. The van der Waals surface area contributed by atoms with Gasteiger partial charge in [-0.1, -0.05) is 36.4 Å². The highest BCUT2D eigenvalue weighted by Crippen LogP contribution is 2.20. The van der Waals surface area contributed by atoms with Crippen LogP contribution in [0.3, 0.4) is 0 Å². The number of carbonyl (C=O) groups is 1. The zero-order valence-corrected chi connectivity index (χ0v) is 15.5. The van der Waals surface area contributed by atoms with Gasteiger partial charge in [0, 0.05) is 14.1 Å². The Hall–Kier alpha value is -2.77. The van der Waals surface area contributed by atoms with Gasteiger partial charge in [0.05, 0.1) is 12.6 Å². The summed E-state index contributed by atoms with van der Waals surface area (Å²) in [5.41, 5.74) is 1.03. The van der Waals surface area contributed by atoms with Gasteiger partial charge in [-0.25, -0.2) is 0 Å². The second-order valence-electron chi connectivity index (χ2n) is 6.26. The van der Waals surface area contributed by atoms with Crippen molar-refractivity contribution in [1.29, 1.82) is 0 Å². The summed E-state index contributed by atoms with van der Waals surface area (Å²) < 4.78 is 37.1. The Kier molecular flexibility index (Phi) is 6.65. The van der Waals surface area contributed by atoms with E-state index in [0.29, 0.717) is 10.9 Å². The van der Waals surface area contributed by atoms with E-state index in [1.165, 1.54) is 7.05 Å². The van der Waals surface area contributed by atoms with Crippen LogP contribution < -0.4 is 10.6 Å². The Balaban J connectivity index is 1.94. The lowest BCUT2D eigenvalue weighted by Gasteiger charge is -2.21. The first-order valence-electron chi connectivity index (χ1n) is 8.46. The summed E-state index contributed by atoms with van der Waals surface area (Å²) in [6.45, 7) is 0.373. The van der Waals surface area contributed by atoms with Gasteiger partial charge in [0.2, 0.25) is 5.91 Å². The maximum absolute atomic E-state index is 12.4. The highest BCUT2D eigenvalue weighted by Gasteiger charge is 2.31. The SMILES string of the molecule is CN=C(NCC(=O)N(C)CC(F)(F)F)NC(C)c1ccc2ccccc2c1. The van der Waals surface area contributed by atoms with Crippen LogP contribution in [0.5, 0.6) is 0 Å². The monoisotopic (exact) mass is 380 g/mol. The van der Waals surface area contributed by atoms with Crippen LogP contribution >= 0.6 is 0 Å². The molecule has 2 aromatic rings. The van der Waals surface area contributed by atoms with Crippen molar-refractivity contribution >= 4 is 22.6 Å². The van der Waals surface area contributed by atoms with Crippen LogP contribution in [-0.2, 0) is 4.79 Å². The van der Waals surface area contributed by atoms with Crippen LogP contribution in [-0.4, -0.2) is 50.1 Å². The quantitative estimate of drug-likeness (QED) is 0.619. The summed E-state index contributed by atoms with van der Waals surface area (Å²) >= 11 is 0. The van der Waals surface area contributed by atoms with Crippen LogP contribution in [0.25, 0.3) is 10.8 Å². The molecule has 0 spiro atoms. The van der Waals surface area contributed by atoms with E-state index in [0.717, 1.165) is 23.4 Å². The third kappa shape index (κ3) is 6.16. The number of likely N-dealkylation sites (N-methyl/N-ethyl adjacent to an activating group) is 1. The van der Waals surface area contributed by atoms with Crippen LogP contribution in [0.2, 0.25) is 0 Å². The van der Waals surface area contributed by atoms with Crippen LogP contribution in [0.4, 0.5) is 13.2 Å². The molecule has 1 unspecified atom stereocenters.